The number of esters is 1. The van der Waals surface area contributed by atoms with Gasteiger partial charge in [0.05, 0.1) is 12.0 Å². The van der Waals surface area contributed by atoms with Crippen LogP contribution in [0.15, 0.2) is 65.7 Å². The topological polar surface area (TPSA) is 72.5 Å². The van der Waals surface area contributed by atoms with E-state index in [-0.39, 0.29) is 17.3 Å². The molecule has 0 saturated carbocycles. The third-order valence-electron chi connectivity index (χ3n) is 3.38. The van der Waals surface area contributed by atoms with Crippen molar-refractivity contribution in [2.75, 3.05) is 7.11 Å². The van der Waals surface area contributed by atoms with Crippen molar-refractivity contribution in [3.8, 4) is 0 Å². The van der Waals surface area contributed by atoms with E-state index < -0.39 is 10.0 Å². The van der Waals surface area contributed by atoms with Crippen LogP contribution in [0.4, 0.5) is 0 Å². The van der Waals surface area contributed by atoms with Crippen molar-refractivity contribution in [2.24, 2.45) is 0 Å². The molecule has 0 aliphatic carbocycles. The molecule has 0 unspecified atom stereocenters. The molecule has 2 rings (SSSR count). The minimum absolute atomic E-state index is 0.169. The Kier molecular flexibility index (Phi) is 6.14. The quantitative estimate of drug-likeness (QED) is 0.783. The molecular weight excluding hydrogens is 326 g/mol. The van der Waals surface area contributed by atoms with Crippen LogP contribution >= 0.6 is 0 Å². The fraction of sp³-hybridized carbons (Fsp3) is 0.167. The van der Waals surface area contributed by atoms with E-state index in [0.29, 0.717) is 6.42 Å². The molecule has 0 radical (unpaired) electrons. The zero-order valence-corrected chi connectivity index (χ0v) is 14.1. The van der Waals surface area contributed by atoms with Gasteiger partial charge in [0.1, 0.15) is 0 Å². The van der Waals surface area contributed by atoms with E-state index in [1.807, 2.05) is 30.3 Å². The second-order valence-electron chi connectivity index (χ2n) is 5.09. The molecule has 0 aliphatic heterocycles. The lowest BCUT2D eigenvalue weighted by molar-refractivity contribution is -0.140. The van der Waals surface area contributed by atoms with Gasteiger partial charge in [0.2, 0.25) is 0 Å². The summed E-state index contributed by atoms with van der Waals surface area (Å²) in [6.07, 6.45) is 3.85. The number of rotatable bonds is 7. The maximum absolute atomic E-state index is 12.2. The van der Waals surface area contributed by atoms with Gasteiger partial charge in [-0.1, -0.05) is 42.5 Å². The monoisotopic (exact) mass is 345 g/mol. The fourth-order valence-electron chi connectivity index (χ4n) is 2.04. The second kappa shape index (κ2) is 8.31. The highest BCUT2D eigenvalue weighted by Gasteiger charge is 2.11. The Balaban J connectivity index is 1.99. The van der Waals surface area contributed by atoms with Crippen molar-refractivity contribution in [2.45, 2.75) is 17.7 Å². The van der Waals surface area contributed by atoms with Crippen molar-refractivity contribution >= 4 is 22.1 Å². The van der Waals surface area contributed by atoms with Crippen LogP contribution in [0.25, 0.3) is 6.08 Å². The number of hydrogen-bond donors (Lipinski definition) is 1. The minimum Gasteiger partial charge on any atom is -0.469 e. The summed E-state index contributed by atoms with van der Waals surface area (Å²) < 4.78 is 31.4. The molecule has 0 bridgehead atoms. The molecule has 24 heavy (non-hydrogen) atoms. The number of benzene rings is 2. The Morgan fingerprint density at radius 3 is 2.38 bits per heavy atom. The van der Waals surface area contributed by atoms with Gasteiger partial charge in [-0.2, -0.15) is 0 Å². The first kappa shape index (κ1) is 17.7. The smallest absolute Gasteiger partial charge is 0.305 e. The molecule has 2 aromatic carbocycles. The Hall–Kier alpha value is -2.60. The van der Waals surface area contributed by atoms with E-state index in [1.54, 1.807) is 18.2 Å². The molecule has 5 nitrogen and oxygen atoms in total. The summed E-state index contributed by atoms with van der Waals surface area (Å²) in [5.74, 6) is -0.292. The molecule has 126 valence electrons. The maximum Gasteiger partial charge on any atom is 0.305 e. The summed E-state index contributed by atoms with van der Waals surface area (Å²) >= 11 is 0. The highest BCUT2D eigenvalue weighted by atomic mass is 32.2. The van der Waals surface area contributed by atoms with Crippen LogP contribution in [0.2, 0.25) is 0 Å². The number of carbonyl (C=O) groups excluding carboxylic acids is 1. The second-order valence-corrected chi connectivity index (χ2v) is 6.80. The zero-order chi connectivity index (χ0) is 17.4. The fourth-order valence-corrected chi connectivity index (χ4v) is 2.91. The molecule has 1 N–H and O–H groups in total. The van der Waals surface area contributed by atoms with Gasteiger partial charge in [-0.25, -0.2) is 8.42 Å². The lowest BCUT2D eigenvalue weighted by Crippen LogP contribution is -2.17. The largest absolute Gasteiger partial charge is 0.469 e. The maximum atomic E-state index is 12.2. The molecule has 0 fully saturated rings. The molecule has 0 amide bonds. The number of aryl methyl sites for hydroxylation is 1. The third kappa shape index (κ3) is 5.24. The van der Waals surface area contributed by atoms with Crippen molar-refractivity contribution in [1.82, 2.24) is 4.72 Å². The van der Waals surface area contributed by atoms with Crippen LogP contribution in [-0.4, -0.2) is 21.5 Å². The van der Waals surface area contributed by atoms with E-state index in [1.165, 1.54) is 25.4 Å². The molecular formula is C18H19NO4S. The Morgan fingerprint density at radius 2 is 1.75 bits per heavy atom. The Bertz CT molecular complexity index is 797. The summed E-state index contributed by atoms with van der Waals surface area (Å²) in [6.45, 7) is 0. The van der Waals surface area contributed by atoms with Crippen LogP contribution in [-0.2, 0) is 26.0 Å². The first-order chi connectivity index (χ1) is 11.5. The van der Waals surface area contributed by atoms with Gasteiger partial charge in [-0.15, -0.1) is 0 Å². The third-order valence-corrected chi connectivity index (χ3v) is 4.72. The van der Waals surface area contributed by atoms with Gasteiger partial charge in [-0.3, -0.25) is 9.52 Å². The summed E-state index contributed by atoms with van der Waals surface area (Å²) in [4.78, 5) is 11.3. The molecule has 0 spiro atoms. The van der Waals surface area contributed by atoms with Gasteiger partial charge in [0.15, 0.2) is 0 Å². The van der Waals surface area contributed by atoms with Crippen molar-refractivity contribution in [1.29, 1.82) is 0 Å². The molecule has 0 aliphatic rings. The summed E-state index contributed by atoms with van der Waals surface area (Å²) in [5, 5.41) is 0. The van der Waals surface area contributed by atoms with E-state index >= 15 is 0 Å². The predicted molar refractivity (Wildman–Crippen MR) is 92.6 cm³/mol. The highest BCUT2D eigenvalue weighted by Crippen LogP contribution is 2.12. The average Bonchev–Trinajstić information content (AvgIpc) is 2.60. The number of methoxy groups -OCH3 is 1. The van der Waals surface area contributed by atoms with E-state index in [0.717, 1.165) is 11.1 Å². The van der Waals surface area contributed by atoms with Gasteiger partial charge < -0.3 is 4.74 Å². The van der Waals surface area contributed by atoms with E-state index in [4.69, 9.17) is 0 Å². The summed E-state index contributed by atoms with van der Waals surface area (Å²) in [6, 6.07) is 15.8. The van der Waals surface area contributed by atoms with Gasteiger partial charge in [0.25, 0.3) is 10.0 Å². The SMILES string of the molecule is COC(=O)CCc1ccc(S(=O)(=O)NC=Cc2ccccc2)cc1. The molecule has 0 saturated heterocycles. The number of hydrogen-bond acceptors (Lipinski definition) is 4. The number of sulfonamides is 1. The van der Waals surface area contributed by atoms with Crippen LogP contribution in [0.3, 0.4) is 0 Å². The van der Waals surface area contributed by atoms with Crippen LogP contribution in [0.5, 0.6) is 0 Å². The molecule has 2 aromatic rings. The van der Waals surface area contributed by atoms with E-state index in [2.05, 4.69) is 9.46 Å². The van der Waals surface area contributed by atoms with Crippen LogP contribution in [0.1, 0.15) is 17.5 Å². The predicted octanol–water partition coefficient (Wildman–Crippen LogP) is 2.74. The minimum atomic E-state index is -3.61. The Labute approximate surface area is 142 Å². The van der Waals surface area contributed by atoms with Gasteiger partial charge in [0, 0.05) is 12.6 Å². The molecule has 0 atom stereocenters. The summed E-state index contributed by atoms with van der Waals surface area (Å²) in [5.41, 5.74) is 1.78. The standard InChI is InChI=1S/C18H19NO4S/c1-23-18(20)12-9-16-7-10-17(11-8-16)24(21,22)19-14-13-15-5-3-2-4-6-15/h2-8,10-11,13-14,19H,9,12H2,1H3. The lowest BCUT2D eigenvalue weighted by Gasteiger charge is -2.05. The highest BCUT2D eigenvalue weighted by molar-refractivity contribution is 7.89. The zero-order valence-electron chi connectivity index (χ0n) is 13.3. The number of ether oxygens (including phenoxy) is 1. The summed E-state index contributed by atoms with van der Waals surface area (Å²) in [7, 11) is -2.27. The lowest BCUT2D eigenvalue weighted by atomic mass is 10.1. The van der Waals surface area contributed by atoms with E-state index in [9.17, 15) is 13.2 Å². The molecule has 6 heteroatoms. The first-order valence-electron chi connectivity index (χ1n) is 7.41. The van der Waals surface area contributed by atoms with Crippen molar-refractivity contribution in [3.05, 3.63) is 71.9 Å². The average molecular weight is 345 g/mol. The van der Waals surface area contributed by atoms with Crippen LogP contribution < -0.4 is 4.72 Å². The van der Waals surface area contributed by atoms with Crippen molar-refractivity contribution in [3.63, 3.8) is 0 Å². The number of nitrogens with one attached hydrogen (secondary N) is 1. The van der Waals surface area contributed by atoms with Gasteiger partial charge in [-0.05, 0) is 35.8 Å². The number of carbonyl (C=O) groups is 1. The first-order valence-corrected chi connectivity index (χ1v) is 8.89. The van der Waals surface area contributed by atoms with Crippen molar-refractivity contribution < 1.29 is 17.9 Å². The molecule has 0 heterocycles. The van der Waals surface area contributed by atoms with Gasteiger partial charge >= 0.3 is 5.97 Å². The molecule has 0 aromatic heterocycles. The Morgan fingerprint density at radius 1 is 1.08 bits per heavy atom. The normalized spacial score (nSPS) is 11.4. The van der Waals surface area contributed by atoms with Crippen LogP contribution in [0, 0.1) is 0 Å².